The van der Waals surface area contributed by atoms with E-state index in [0.29, 0.717) is 25.4 Å². The van der Waals surface area contributed by atoms with Crippen LogP contribution in [0.4, 0.5) is 0 Å². The molecule has 0 spiro atoms. The van der Waals surface area contributed by atoms with Crippen molar-refractivity contribution in [3.8, 4) is 0 Å². The van der Waals surface area contributed by atoms with Crippen molar-refractivity contribution in [1.29, 1.82) is 0 Å². The molecule has 1 saturated carbocycles. The summed E-state index contributed by atoms with van der Waals surface area (Å²) in [6.45, 7) is 2.64. The number of pyridine rings is 1. The zero-order valence-corrected chi connectivity index (χ0v) is 13.9. The summed E-state index contributed by atoms with van der Waals surface area (Å²) in [6.07, 6.45) is 6.05. The molecule has 1 atom stereocenters. The SMILES string of the molecule is Cn1cnc2c1C(COCC1CC1)CN(C(=O)c1ccccn1)C2. The molecule has 6 heteroatoms. The summed E-state index contributed by atoms with van der Waals surface area (Å²) in [4.78, 5) is 23.2. The maximum Gasteiger partial charge on any atom is 0.272 e. The minimum absolute atomic E-state index is 0.0425. The van der Waals surface area contributed by atoms with Gasteiger partial charge in [0.2, 0.25) is 0 Å². The molecule has 1 fully saturated rings. The van der Waals surface area contributed by atoms with Crippen LogP contribution in [0.15, 0.2) is 30.7 Å². The van der Waals surface area contributed by atoms with Crippen LogP contribution in [0, 0.1) is 5.92 Å². The van der Waals surface area contributed by atoms with Gasteiger partial charge in [0, 0.05) is 38.0 Å². The van der Waals surface area contributed by atoms with Crippen molar-refractivity contribution in [2.45, 2.75) is 25.3 Å². The Morgan fingerprint density at radius 1 is 1.29 bits per heavy atom. The van der Waals surface area contributed by atoms with E-state index in [1.807, 2.05) is 30.4 Å². The molecule has 3 heterocycles. The maximum atomic E-state index is 12.7. The van der Waals surface area contributed by atoms with Crippen molar-refractivity contribution in [2.24, 2.45) is 13.0 Å². The standard InChI is InChI=1S/C18H22N4O2/c1-21-12-20-16-9-22(18(23)15-4-2-3-7-19-15)8-14(17(16)21)11-24-10-13-5-6-13/h2-4,7,12-14H,5-6,8-11H2,1H3. The van der Waals surface area contributed by atoms with Gasteiger partial charge >= 0.3 is 0 Å². The molecule has 2 aliphatic rings. The van der Waals surface area contributed by atoms with Gasteiger partial charge in [-0.15, -0.1) is 0 Å². The van der Waals surface area contributed by atoms with Gasteiger partial charge in [0.25, 0.3) is 5.91 Å². The number of aromatic nitrogens is 3. The maximum absolute atomic E-state index is 12.7. The average Bonchev–Trinajstić information content (AvgIpc) is 3.36. The third-order valence-electron chi connectivity index (χ3n) is 4.77. The molecule has 6 nitrogen and oxygen atoms in total. The van der Waals surface area contributed by atoms with Gasteiger partial charge in [-0.05, 0) is 30.9 Å². The van der Waals surface area contributed by atoms with Crippen molar-refractivity contribution in [3.05, 3.63) is 47.8 Å². The van der Waals surface area contributed by atoms with Crippen LogP contribution in [0.3, 0.4) is 0 Å². The van der Waals surface area contributed by atoms with Crippen molar-refractivity contribution in [2.75, 3.05) is 19.8 Å². The normalized spacial score (nSPS) is 20.0. The number of nitrogens with zero attached hydrogens (tertiary/aromatic N) is 4. The summed E-state index contributed by atoms with van der Waals surface area (Å²) in [5.41, 5.74) is 2.64. The number of hydrogen-bond acceptors (Lipinski definition) is 4. The molecule has 1 unspecified atom stereocenters. The first kappa shape index (κ1) is 15.3. The third-order valence-corrected chi connectivity index (χ3v) is 4.77. The van der Waals surface area contributed by atoms with Gasteiger partial charge in [0.15, 0.2) is 0 Å². The van der Waals surface area contributed by atoms with E-state index in [9.17, 15) is 4.79 Å². The number of rotatable bonds is 5. The molecule has 1 amide bonds. The molecule has 0 radical (unpaired) electrons. The molecular weight excluding hydrogens is 304 g/mol. The van der Waals surface area contributed by atoms with Crippen molar-refractivity contribution < 1.29 is 9.53 Å². The van der Waals surface area contributed by atoms with Crippen molar-refractivity contribution in [3.63, 3.8) is 0 Å². The number of fused-ring (bicyclic) bond motifs is 1. The lowest BCUT2D eigenvalue weighted by atomic mass is 9.98. The van der Waals surface area contributed by atoms with Gasteiger partial charge in [-0.1, -0.05) is 6.07 Å². The lowest BCUT2D eigenvalue weighted by molar-refractivity contribution is 0.0613. The minimum Gasteiger partial charge on any atom is -0.380 e. The molecule has 0 N–H and O–H groups in total. The Morgan fingerprint density at radius 2 is 2.17 bits per heavy atom. The number of carbonyl (C=O) groups is 1. The topological polar surface area (TPSA) is 60.2 Å². The Balaban J connectivity index is 1.52. The number of ether oxygens (including phenoxy) is 1. The zero-order chi connectivity index (χ0) is 16.5. The van der Waals surface area contributed by atoms with Crippen LogP contribution < -0.4 is 0 Å². The lowest BCUT2D eigenvalue weighted by Crippen LogP contribution is -2.40. The van der Waals surface area contributed by atoms with Gasteiger partial charge in [-0.25, -0.2) is 4.98 Å². The highest BCUT2D eigenvalue weighted by molar-refractivity contribution is 5.92. The second-order valence-corrected chi connectivity index (χ2v) is 6.77. The fraction of sp³-hybridized carbons (Fsp3) is 0.500. The minimum atomic E-state index is -0.0425. The first-order valence-corrected chi connectivity index (χ1v) is 8.50. The molecular formula is C18H22N4O2. The zero-order valence-electron chi connectivity index (χ0n) is 13.9. The highest BCUT2D eigenvalue weighted by Crippen LogP contribution is 2.31. The molecule has 2 aromatic rings. The summed E-state index contributed by atoms with van der Waals surface area (Å²) in [7, 11) is 2.01. The van der Waals surface area contributed by atoms with Gasteiger partial charge in [-0.2, -0.15) is 0 Å². The van der Waals surface area contributed by atoms with Crippen LogP contribution in [0.2, 0.25) is 0 Å². The van der Waals surface area contributed by atoms with E-state index in [-0.39, 0.29) is 11.8 Å². The van der Waals surface area contributed by atoms with E-state index in [1.165, 1.54) is 18.5 Å². The molecule has 1 aliphatic heterocycles. The lowest BCUT2D eigenvalue weighted by Gasteiger charge is -2.32. The number of hydrogen-bond donors (Lipinski definition) is 0. The fourth-order valence-electron chi connectivity index (χ4n) is 3.33. The predicted molar refractivity (Wildman–Crippen MR) is 88.5 cm³/mol. The summed E-state index contributed by atoms with van der Waals surface area (Å²) >= 11 is 0. The summed E-state index contributed by atoms with van der Waals surface area (Å²) < 4.78 is 7.98. The molecule has 1 aliphatic carbocycles. The fourth-order valence-corrected chi connectivity index (χ4v) is 3.33. The van der Waals surface area contributed by atoms with E-state index >= 15 is 0 Å². The Kier molecular flexibility index (Phi) is 4.06. The predicted octanol–water partition coefficient (Wildman–Crippen LogP) is 1.98. The largest absolute Gasteiger partial charge is 0.380 e. The highest BCUT2D eigenvalue weighted by atomic mass is 16.5. The van der Waals surface area contributed by atoms with Crippen LogP contribution >= 0.6 is 0 Å². The second-order valence-electron chi connectivity index (χ2n) is 6.77. The third kappa shape index (κ3) is 3.06. The van der Waals surface area contributed by atoms with Crippen LogP contribution in [-0.4, -0.2) is 45.1 Å². The number of aryl methyl sites for hydroxylation is 1. The summed E-state index contributed by atoms with van der Waals surface area (Å²) in [6, 6.07) is 5.42. The van der Waals surface area contributed by atoms with E-state index in [1.54, 1.807) is 12.3 Å². The van der Waals surface area contributed by atoms with Crippen LogP contribution in [-0.2, 0) is 18.3 Å². The van der Waals surface area contributed by atoms with E-state index in [2.05, 4.69) is 14.5 Å². The van der Waals surface area contributed by atoms with Crippen LogP contribution in [0.25, 0.3) is 0 Å². The second kappa shape index (κ2) is 6.36. The molecule has 4 rings (SSSR count). The first-order valence-electron chi connectivity index (χ1n) is 8.50. The first-order chi connectivity index (χ1) is 11.7. The van der Waals surface area contributed by atoms with Crippen molar-refractivity contribution >= 4 is 5.91 Å². The molecule has 0 aromatic carbocycles. The highest BCUT2D eigenvalue weighted by Gasteiger charge is 2.32. The summed E-state index contributed by atoms with van der Waals surface area (Å²) in [5, 5.41) is 0. The van der Waals surface area contributed by atoms with E-state index in [0.717, 1.165) is 18.2 Å². The molecule has 24 heavy (non-hydrogen) atoms. The number of amides is 1. The number of imidazole rings is 1. The van der Waals surface area contributed by atoms with Crippen molar-refractivity contribution in [1.82, 2.24) is 19.4 Å². The quantitative estimate of drug-likeness (QED) is 0.843. The number of carbonyl (C=O) groups excluding carboxylic acids is 1. The van der Waals surface area contributed by atoms with Gasteiger partial charge < -0.3 is 14.2 Å². The molecule has 0 saturated heterocycles. The van der Waals surface area contributed by atoms with Gasteiger partial charge in [-0.3, -0.25) is 9.78 Å². The molecule has 2 aromatic heterocycles. The Labute approximate surface area is 141 Å². The molecule has 0 bridgehead atoms. The summed E-state index contributed by atoms with van der Waals surface area (Å²) in [5.74, 6) is 0.859. The monoisotopic (exact) mass is 326 g/mol. The Hall–Kier alpha value is -2.21. The Bertz CT molecular complexity index is 724. The van der Waals surface area contributed by atoms with Gasteiger partial charge in [0.1, 0.15) is 5.69 Å². The van der Waals surface area contributed by atoms with E-state index < -0.39 is 0 Å². The molecule has 126 valence electrons. The Morgan fingerprint density at radius 3 is 2.92 bits per heavy atom. The van der Waals surface area contributed by atoms with Crippen LogP contribution in [0.5, 0.6) is 0 Å². The smallest absolute Gasteiger partial charge is 0.272 e. The van der Waals surface area contributed by atoms with Crippen LogP contribution in [0.1, 0.15) is 40.6 Å². The van der Waals surface area contributed by atoms with Gasteiger partial charge in [0.05, 0.1) is 25.2 Å². The average molecular weight is 326 g/mol. The van der Waals surface area contributed by atoms with E-state index in [4.69, 9.17) is 4.74 Å².